The number of thioether (sulfide) groups is 1. The van der Waals surface area contributed by atoms with Crippen LogP contribution in [0, 0.1) is 11.3 Å². The Morgan fingerprint density at radius 2 is 1.86 bits per heavy atom. The molecule has 0 aliphatic heterocycles. The maximum Gasteiger partial charge on any atom is 0.267 e. The number of rotatable bonds is 6. The van der Waals surface area contributed by atoms with Gasteiger partial charge in [-0.05, 0) is 66.3 Å². The molecule has 2 heterocycles. The van der Waals surface area contributed by atoms with Crippen LogP contribution < -0.4 is 10.9 Å². The number of nitrogens with one attached hydrogen (secondary N) is 1. The minimum atomic E-state index is -0.113. The van der Waals surface area contributed by atoms with E-state index in [1.54, 1.807) is 15.9 Å². The van der Waals surface area contributed by atoms with Gasteiger partial charge in [-0.2, -0.15) is 0 Å². The lowest BCUT2D eigenvalue weighted by molar-refractivity contribution is -0.113. The van der Waals surface area contributed by atoms with Crippen molar-refractivity contribution in [3.05, 3.63) is 81.0 Å². The van der Waals surface area contributed by atoms with Gasteiger partial charge in [-0.1, -0.05) is 75.9 Å². The summed E-state index contributed by atoms with van der Waals surface area (Å²) in [6, 6.07) is 17.5. The molecule has 0 fully saturated rings. The van der Waals surface area contributed by atoms with Gasteiger partial charge in [0, 0.05) is 10.6 Å². The number of fused-ring (bicyclic) bond motifs is 3. The predicted octanol–water partition coefficient (Wildman–Crippen LogP) is 6.89. The van der Waals surface area contributed by atoms with Crippen LogP contribution in [-0.2, 0) is 24.1 Å². The van der Waals surface area contributed by atoms with Gasteiger partial charge in [0.15, 0.2) is 5.16 Å². The van der Waals surface area contributed by atoms with Crippen molar-refractivity contribution in [2.75, 3.05) is 11.1 Å². The van der Waals surface area contributed by atoms with E-state index in [1.807, 2.05) is 54.6 Å². The Morgan fingerprint density at radius 1 is 1.14 bits per heavy atom. The van der Waals surface area contributed by atoms with Crippen molar-refractivity contribution >= 4 is 44.9 Å². The van der Waals surface area contributed by atoms with Gasteiger partial charge in [0.2, 0.25) is 5.91 Å². The van der Waals surface area contributed by atoms with E-state index in [0.717, 1.165) is 52.8 Å². The van der Waals surface area contributed by atoms with Gasteiger partial charge in [-0.25, -0.2) is 4.98 Å². The van der Waals surface area contributed by atoms with Crippen molar-refractivity contribution in [3.63, 3.8) is 0 Å². The van der Waals surface area contributed by atoms with Crippen LogP contribution in [0.1, 0.15) is 50.1 Å². The van der Waals surface area contributed by atoms with Gasteiger partial charge in [-0.3, -0.25) is 14.2 Å². The first-order valence-electron chi connectivity index (χ1n) is 12.9. The normalized spacial score (nSPS) is 15.5. The minimum Gasteiger partial charge on any atom is -0.325 e. The SMILES string of the molecule is CCc1ccccc1NC(=O)CSc1nc2sc3c(c2c(=O)n1-c1ccccc1)CC[C@H](C(C)(C)C)C3. The van der Waals surface area contributed by atoms with E-state index in [9.17, 15) is 9.59 Å². The second kappa shape index (κ2) is 10.5. The molecule has 1 aliphatic carbocycles. The summed E-state index contributed by atoms with van der Waals surface area (Å²) < 4.78 is 1.68. The fourth-order valence-corrected chi connectivity index (χ4v) is 7.27. The third-order valence-corrected chi connectivity index (χ3v) is 9.38. The van der Waals surface area contributed by atoms with Crippen LogP contribution in [0.4, 0.5) is 5.69 Å². The number of amides is 1. The third-order valence-electron chi connectivity index (χ3n) is 7.30. The van der Waals surface area contributed by atoms with Gasteiger partial charge in [0.05, 0.1) is 16.8 Å². The summed E-state index contributed by atoms with van der Waals surface area (Å²) in [5.74, 6) is 0.645. The Kier molecular flexibility index (Phi) is 7.28. The predicted molar refractivity (Wildman–Crippen MR) is 155 cm³/mol. The highest BCUT2D eigenvalue weighted by Crippen LogP contribution is 2.42. The monoisotopic (exact) mass is 531 g/mol. The van der Waals surface area contributed by atoms with Crippen molar-refractivity contribution in [3.8, 4) is 5.69 Å². The molecule has 0 unspecified atom stereocenters. The maximum absolute atomic E-state index is 14.0. The number of anilines is 1. The average Bonchev–Trinajstić information content (AvgIpc) is 3.26. The molecule has 0 saturated carbocycles. The zero-order valence-corrected chi connectivity index (χ0v) is 23.5. The van der Waals surface area contributed by atoms with Gasteiger partial charge in [-0.15, -0.1) is 11.3 Å². The van der Waals surface area contributed by atoms with E-state index in [0.29, 0.717) is 11.1 Å². The zero-order chi connectivity index (χ0) is 26.2. The quantitative estimate of drug-likeness (QED) is 0.217. The molecule has 192 valence electrons. The Morgan fingerprint density at radius 3 is 2.59 bits per heavy atom. The summed E-state index contributed by atoms with van der Waals surface area (Å²) in [6.07, 6.45) is 3.83. The maximum atomic E-state index is 14.0. The van der Waals surface area contributed by atoms with Gasteiger partial charge >= 0.3 is 0 Å². The lowest BCUT2D eigenvalue weighted by atomic mass is 9.72. The van der Waals surface area contributed by atoms with Gasteiger partial charge in [0.25, 0.3) is 5.56 Å². The molecule has 0 radical (unpaired) electrons. The summed E-state index contributed by atoms with van der Waals surface area (Å²) >= 11 is 2.96. The number of carbonyl (C=O) groups excluding carboxylic acids is 1. The first-order chi connectivity index (χ1) is 17.8. The first kappa shape index (κ1) is 25.7. The van der Waals surface area contributed by atoms with Crippen molar-refractivity contribution in [1.29, 1.82) is 0 Å². The number of benzene rings is 2. The number of carbonyl (C=O) groups is 1. The highest BCUT2D eigenvalue weighted by Gasteiger charge is 2.32. The van der Waals surface area contributed by atoms with Crippen LogP contribution in [0.25, 0.3) is 15.9 Å². The molecule has 1 N–H and O–H groups in total. The first-order valence-corrected chi connectivity index (χ1v) is 14.7. The van der Waals surface area contributed by atoms with E-state index in [-0.39, 0.29) is 22.6 Å². The molecule has 0 bridgehead atoms. The van der Waals surface area contributed by atoms with Crippen LogP contribution in [0.15, 0.2) is 64.5 Å². The second-order valence-electron chi connectivity index (χ2n) is 10.7. The number of para-hydroxylation sites is 2. The van der Waals surface area contributed by atoms with Crippen molar-refractivity contribution in [1.82, 2.24) is 9.55 Å². The van der Waals surface area contributed by atoms with Crippen LogP contribution in [0.5, 0.6) is 0 Å². The fraction of sp³-hybridized carbons (Fsp3) is 0.367. The molecule has 1 aliphatic rings. The Hall–Kier alpha value is -2.90. The van der Waals surface area contributed by atoms with E-state index < -0.39 is 0 Å². The molecule has 4 aromatic rings. The highest BCUT2D eigenvalue weighted by atomic mass is 32.2. The molecule has 5 nitrogen and oxygen atoms in total. The summed E-state index contributed by atoms with van der Waals surface area (Å²) in [4.78, 5) is 34.0. The lowest BCUT2D eigenvalue weighted by Crippen LogP contribution is -2.27. The van der Waals surface area contributed by atoms with Crippen molar-refractivity contribution in [2.24, 2.45) is 11.3 Å². The smallest absolute Gasteiger partial charge is 0.267 e. The second-order valence-corrected chi connectivity index (χ2v) is 12.7. The molecule has 37 heavy (non-hydrogen) atoms. The summed E-state index contributed by atoms with van der Waals surface area (Å²) in [5.41, 5.74) is 4.06. The van der Waals surface area contributed by atoms with Crippen LogP contribution >= 0.6 is 23.1 Å². The van der Waals surface area contributed by atoms with Crippen LogP contribution in [0.2, 0.25) is 0 Å². The van der Waals surface area contributed by atoms with E-state index in [1.165, 1.54) is 22.2 Å². The number of nitrogens with zero attached hydrogens (tertiary/aromatic N) is 2. The summed E-state index contributed by atoms with van der Waals surface area (Å²) in [5, 5.41) is 4.33. The minimum absolute atomic E-state index is 0.0397. The topological polar surface area (TPSA) is 64.0 Å². The summed E-state index contributed by atoms with van der Waals surface area (Å²) in [6.45, 7) is 8.97. The summed E-state index contributed by atoms with van der Waals surface area (Å²) in [7, 11) is 0. The van der Waals surface area contributed by atoms with Crippen LogP contribution in [-0.4, -0.2) is 21.2 Å². The fourth-order valence-electron chi connectivity index (χ4n) is 5.11. The number of thiophene rings is 1. The molecular weight excluding hydrogens is 498 g/mol. The molecule has 7 heteroatoms. The van der Waals surface area contributed by atoms with E-state index in [2.05, 4.69) is 33.0 Å². The van der Waals surface area contributed by atoms with E-state index >= 15 is 0 Å². The number of hydrogen-bond acceptors (Lipinski definition) is 5. The van der Waals surface area contributed by atoms with E-state index in [4.69, 9.17) is 4.98 Å². The van der Waals surface area contributed by atoms with Gasteiger partial charge in [0.1, 0.15) is 4.83 Å². The number of aryl methyl sites for hydroxylation is 2. The average molecular weight is 532 g/mol. The largest absolute Gasteiger partial charge is 0.325 e. The lowest BCUT2D eigenvalue weighted by Gasteiger charge is -2.33. The van der Waals surface area contributed by atoms with Crippen molar-refractivity contribution < 1.29 is 4.79 Å². The highest BCUT2D eigenvalue weighted by molar-refractivity contribution is 7.99. The number of aromatic nitrogens is 2. The molecule has 5 rings (SSSR count). The molecule has 1 amide bonds. The Labute approximate surface area is 226 Å². The standard InChI is InChI=1S/C30H33N3O2S2/c1-5-19-11-9-10-14-23(19)31-25(34)18-36-29-32-27-26(28(35)33(29)21-12-7-6-8-13-21)22-16-15-20(30(2,3)4)17-24(22)37-27/h6-14,20H,5,15-18H2,1-4H3,(H,31,34)/t20-/m0/s1. The molecule has 0 spiro atoms. The molecule has 2 aromatic heterocycles. The third kappa shape index (κ3) is 5.25. The molecule has 0 saturated heterocycles. The molecular formula is C30H33N3O2S2. The molecule has 1 atom stereocenters. The Balaban J connectivity index is 1.51. The molecule has 2 aromatic carbocycles. The van der Waals surface area contributed by atoms with Gasteiger partial charge < -0.3 is 5.32 Å². The number of hydrogen-bond donors (Lipinski definition) is 1. The zero-order valence-electron chi connectivity index (χ0n) is 21.8. The van der Waals surface area contributed by atoms with Crippen molar-refractivity contribution in [2.45, 2.75) is 58.5 Å². The van der Waals surface area contributed by atoms with Crippen LogP contribution in [0.3, 0.4) is 0 Å². The Bertz CT molecular complexity index is 1500.